The van der Waals surface area contributed by atoms with Crippen LogP contribution in [0.1, 0.15) is 0 Å². The first-order valence-corrected chi connectivity index (χ1v) is 6.84. The zero-order chi connectivity index (χ0) is 13.0. The summed E-state index contributed by atoms with van der Waals surface area (Å²) in [6.45, 7) is 2.90. The van der Waals surface area contributed by atoms with E-state index in [0.717, 1.165) is 13.1 Å². The van der Waals surface area contributed by atoms with Crippen LogP contribution in [0.2, 0.25) is 0 Å². The molecule has 0 radical (unpaired) electrons. The molecular weight excluding hydrogens is 324 g/mol. The average molecular weight is 335 g/mol. The molecule has 0 bridgehead atoms. The van der Waals surface area contributed by atoms with Crippen LogP contribution in [0, 0.1) is 0 Å². The van der Waals surface area contributed by atoms with Crippen LogP contribution >= 0.6 is 27.3 Å². The SMILES string of the molecule is O=C1NCCN1.O=C1NCCN1c1nnc(Br)s1. The molecule has 2 aliphatic heterocycles. The highest BCUT2D eigenvalue weighted by Gasteiger charge is 2.23. The first-order valence-electron chi connectivity index (χ1n) is 5.23. The molecule has 10 heteroatoms. The highest BCUT2D eigenvalue weighted by molar-refractivity contribution is 9.11. The smallest absolute Gasteiger partial charge is 0.323 e. The molecule has 3 rings (SSSR count). The summed E-state index contributed by atoms with van der Waals surface area (Å²) in [5.41, 5.74) is 0. The summed E-state index contributed by atoms with van der Waals surface area (Å²) >= 11 is 4.53. The Morgan fingerprint density at radius 1 is 1.11 bits per heavy atom. The van der Waals surface area contributed by atoms with E-state index in [1.165, 1.54) is 11.3 Å². The standard InChI is InChI=1S/C5H5BrN4OS.C3H6N2O/c6-3-8-9-5(12-3)10-2-1-7-4(10)11;6-3-4-1-2-5-3/h1-2H2,(H,7,11);1-2H2,(H2,4,5,6). The molecular formula is C8H11BrN6O2S. The van der Waals surface area contributed by atoms with Crippen molar-refractivity contribution in [3.05, 3.63) is 3.92 Å². The molecule has 98 valence electrons. The van der Waals surface area contributed by atoms with Crippen LogP contribution in [0.25, 0.3) is 0 Å². The van der Waals surface area contributed by atoms with E-state index in [1.807, 2.05) is 0 Å². The van der Waals surface area contributed by atoms with Crippen LogP contribution < -0.4 is 20.9 Å². The molecule has 0 spiro atoms. The summed E-state index contributed by atoms with van der Waals surface area (Å²) < 4.78 is 0.692. The van der Waals surface area contributed by atoms with Crippen molar-refractivity contribution in [1.82, 2.24) is 26.1 Å². The molecule has 3 heterocycles. The lowest BCUT2D eigenvalue weighted by molar-refractivity contribution is 0.248. The summed E-state index contributed by atoms with van der Waals surface area (Å²) in [5.74, 6) is 0. The van der Waals surface area contributed by atoms with Gasteiger partial charge in [0.2, 0.25) is 5.13 Å². The van der Waals surface area contributed by atoms with Gasteiger partial charge in [0, 0.05) is 26.2 Å². The van der Waals surface area contributed by atoms with Gasteiger partial charge in [-0.05, 0) is 15.9 Å². The summed E-state index contributed by atoms with van der Waals surface area (Å²) in [6.07, 6.45) is 0. The lowest BCUT2D eigenvalue weighted by Gasteiger charge is -2.06. The number of nitrogens with one attached hydrogen (secondary N) is 3. The lowest BCUT2D eigenvalue weighted by atomic mass is 10.6. The van der Waals surface area contributed by atoms with Crippen molar-refractivity contribution in [2.45, 2.75) is 0 Å². The number of carbonyl (C=O) groups excluding carboxylic acids is 2. The summed E-state index contributed by atoms with van der Waals surface area (Å²) in [6, 6.07) is -0.145. The number of rotatable bonds is 1. The van der Waals surface area contributed by atoms with Gasteiger partial charge in [-0.15, -0.1) is 10.2 Å². The van der Waals surface area contributed by atoms with Crippen LogP contribution in [0.4, 0.5) is 14.7 Å². The predicted octanol–water partition coefficient (Wildman–Crippen LogP) is 0.129. The van der Waals surface area contributed by atoms with Gasteiger partial charge in [0.25, 0.3) is 0 Å². The summed E-state index contributed by atoms with van der Waals surface area (Å²) in [4.78, 5) is 22.7. The molecule has 1 aromatic rings. The van der Waals surface area contributed by atoms with E-state index in [1.54, 1.807) is 4.90 Å². The first-order chi connectivity index (χ1) is 8.66. The number of anilines is 1. The highest BCUT2D eigenvalue weighted by Crippen LogP contribution is 2.24. The fourth-order valence-corrected chi connectivity index (χ4v) is 2.49. The van der Waals surface area contributed by atoms with Gasteiger partial charge in [-0.3, -0.25) is 4.90 Å². The summed E-state index contributed by atoms with van der Waals surface area (Å²) in [5, 5.41) is 16.1. The largest absolute Gasteiger partial charge is 0.336 e. The van der Waals surface area contributed by atoms with Crippen molar-refractivity contribution in [3.8, 4) is 0 Å². The average Bonchev–Trinajstić information content (AvgIpc) is 3.03. The van der Waals surface area contributed by atoms with Crippen LogP contribution in [0.15, 0.2) is 3.92 Å². The number of hydrogen-bond donors (Lipinski definition) is 3. The molecule has 0 aliphatic carbocycles. The monoisotopic (exact) mass is 334 g/mol. The Hall–Kier alpha value is -1.42. The quantitative estimate of drug-likeness (QED) is 0.679. The van der Waals surface area contributed by atoms with E-state index in [2.05, 4.69) is 42.1 Å². The minimum atomic E-state index is -0.0985. The van der Waals surface area contributed by atoms with E-state index >= 15 is 0 Å². The van der Waals surface area contributed by atoms with Crippen LogP contribution in [0.3, 0.4) is 0 Å². The van der Waals surface area contributed by atoms with Crippen molar-refractivity contribution in [3.63, 3.8) is 0 Å². The van der Waals surface area contributed by atoms with Gasteiger partial charge in [-0.2, -0.15) is 0 Å². The molecule has 4 amide bonds. The van der Waals surface area contributed by atoms with Crippen LogP contribution in [-0.4, -0.2) is 48.4 Å². The fourth-order valence-electron chi connectivity index (χ4n) is 1.38. The van der Waals surface area contributed by atoms with Gasteiger partial charge in [0.15, 0.2) is 3.92 Å². The molecule has 2 saturated heterocycles. The fraction of sp³-hybridized carbons (Fsp3) is 0.500. The number of nitrogens with zero attached hydrogens (tertiary/aromatic N) is 3. The normalized spacial score (nSPS) is 17.7. The van der Waals surface area contributed by atoms with Crippen molar-refractivity contribution < 1.29 is 9.59 Å². The Bertz CT molecular complexity index is 445. The Labute approximate surface area is 115 Å². The number of amides is 4. The topological polar surface area (TPSA) is 99.2 Å². The predicted molar refractivity (Wildman–Crippen MR) is 69.8 cm³/mol. The molecule has 0 saturated carbocycles. The first kappa shape index (κ1) is 13.0. The van der Waals surface area contributed by atoms with E-state index in [9.17, 15) is 9.59 Å². The van der Waals surface area contributed by atoms with E-state index in [4.69, 9.17) is 0 Å². The van der Waals surface area contributed by atoms with Crippen molar-refractivity contribution in [2.24, 2.45) is 0 Å². The number of aromatic nitrogens is 2. The third-order valence-corrected chi connectivity index (χ3v) is 3.55. The van der Waals surface area contributed by atoms with Gasteiger partial charge >= 0.3 is 12.1 Å². The molecule has 8 nitrogen and oxygen atoms in total. The molecule has 0 atom stereocenters. The van der Waals surface area contributed by atoms with E-state index < -0.39 is 0 Å². The Balaban J connectivity index is 0.000000169. The van der Waals surface area contributed by atoms with Crippen molar-refractivity contribution in [2.75, 3.05) is 31.1 Å². The van der Waals surface area contributed by atoms with Crippen LogP contribution in [-0.2, 0) is 0 Å². The number of halogens is 1. The van der Waals surface area contributed by atoms with Gasteiger partial charge in [-0.25, -0.2) is 9.59 Å². The molecule has 1 aromatic heterocycles. The minimum Gasteiger partial charge on any atom is -0.336 e. The molecule has 2 fully saturated rings. The molecule has 0 aromatic carbocycles. The number of hydrogen-bond acceptors (Lipinski definition) is 5. The molecule has 2 aliphatic rings. The minimum absolute atomic E-state index is 0.0463. The van der Waals surface area contributed by atoms with Gasteiger partial charge < -0.3 is 16.0 Å². The van der Waals surface area contributed by atoms with Gasteiger partial charge in [0.1, 0.15) is 0 Å². The van der Waals surface area contributed by atoms with Gasteiger partial charge in [-0.1, -0.05) is 11.3 Å². The number of carbonyl (C=O) groups is 2. The molecule has 3 N–H and O–H groups in total. The zero-order valence-corrected chi connectivity index (χ0v) is 11.7. The lowest BCUT2D eigenvalue weighted by Crippen LogP contribution is -2.27. The summed E-state index contributed by atoms with van der Waals surface area (Å²) in [7, 11) is 0. The van der Waals surface area contributed by atoms with E-state index in [0.29, 0.717) is 22.1 Å². The molecule has 0 unspecified atom stereocenters. The maximum atomic E-state index is 11.1. The molecule has 18 heavy (non-hydrogen) atoms. The second kappa shape index (κ2) is 5.96. The number of urea groups is 2. The second-order valence-electron chi connectivity index (χ2n) is 3.40. The Morgan fingerprint density at radius 2 is 1.83 bits per heavy atom. The van der Waals surface area contributed by atoms with Crippen molar-refractivity contribution in [1.29, 1.82) is 0 Å². The third kappa shape index (κ3) is 3.29. The van der Waals surface area contributed by atoms with Crippen LogP contribution in [0.5, 0.6) is 0 Å². The van der Waals surface area contributed by atoms with Crippen molar-refractivity contribution >= 4 is 44.5 Å². The third-order valence-electron chi connectivity index (χ3n) is 2.17. The second-order valence-corrected chi connectivity index (χ2v) is 5.64. The zero-order valence-electron chi connectivity index (χ0n) is 9.27. The maximum Gasteiger partial charge on any atom is 0.323 e. The Morgan fingerprint density at radius 3 is 2.22 bits per heavy atom. The Kier molecular flexibility index (Phi) is 4.31. The van der Waals surface area contributed by atoms with E-state index in [-0.39, 0.29) is 12.1 Å². The van der Waals surface area contributed by atoms with Gasteiger partial charge in [0.05, 0.1) is 0 Å². The maximum absolute atomic E-state index is 11.1. The highest BCUT2D eigenvalue weighted by atomic mass is 79.9.